The highest BCUT2D eigenvalue weighted by molar-refractivity contribution is 5.62. The summed E-state index contributed by atoms with van der Waals surface area (Å²) in [5.41, 5.74) is 3.42. The van der Waals surface area contributed by atoms with E-state index >= 15 is 0 Å². The molecule has 2 aromatic rings. The second-order valence-corrected chi connectivity index (χ2v) is 4.40. The fourth-order valence-corrected chi connectivity index (χ4v) is 1.82. The second-order valence-electron chi connectivity index (χ2n) is 4.40. The van der Waals surface area contributed by atoms with Gasteiger partial charge in [-0.15, -0.1) is 0 Å². The van der Waals surface area contributed by atoms with Crippen molar-refractivity contribution < 1.29 is 4.92 Å². The number of benzene rings is 1. The highest BCUT2D eigenvalue weighted by atomic mass is 16.6. The zero-order valence-electron chi connectivity index (χ0n) is 10.9. The first-order chi connectivity index (χ1) is 9.08. The summed E-state index contributed by atoms with van der Waals surface area (Å²) in [6.45, 7) is 4.27. The SMILES string of the molecule is Cc1ccc(NCc2ncccc2C)c([N+](=O)[O-])c1. The Morgan fingerprint density at radius 3 is 2.79 bits per heavy atom. The van der Waals surface area contributed by atoms with Gasteiger partial charge in [-0.1, -0.05) is 12.1 Å². The highest BCUT2D eigenvalue weighted by Crippen LogP contribution is 2.25. The van der Waals surface area contributed by atoms with Gasteiger partial charge in [0, 0.05) is 12.3 Å². The summed E-state index contributed by atoms with van der Waals surface area (Å²) in [6, 6.07) is 8.97. The molecule has 1 aromatic heterocycles. The predicted octanol–water partition coefficient (Wildman–Crippen LogP) is 3.22. The summed E-state index contributed by atoms with van der Waals surface area (Å²) in [4.78, 5) is 14.9. The summed E-state index contributed by atoms with van der Waals surface area (Å²) in [5, 5.41) is 14.1. The van der Waals surface area contributed by atoms with Gasteiger partial charge in [-0.2, -0.15) is 0 Å². The fraction of sp³-hybridized carbons (Fsp3) is 0.214. The smallest absolute Gasteiger partial charge is 0.292 e. The largest absolute Gasteiger partial charge is 0.374 e. The van der Waals surface area contributed by atoms with Gasteiger partial charge in [-0.25, -0.2) is 0 Å². The van der Waals surface area contributed by atoms with E-state index in [-0.39, 0.29) is 10.6 Å². The summed E-state index contributed by atoms with van der Waals surface area (Å²) >= 11 is 0. The maximum absolute atomic E-state index is 11.0. The first-order valence-corrected chi connectivity index (χ1v) is 5.97. The minimum atomic E-state index is -0.374. The molecule has 0 amide bonds. The number of rotatable bonds is 4. The van der Waals surface area contributed by atoms with Gasteiger partial charge in [-0.05, 0) is 37.1 Å². The van der Waals surface area contributed by atoms with Crippen LogP contribution in [0.5, 0.6) is 0 Å². The Kier molecular flexibility index (Phi) is 3.75. The minimum absolute atomic E-state index is 0.0913. The van der Waals surface area contributed by atoms with Crippen LogP contribution in [0, 0.1) is 24.0 Å². The van der Waals surface area contributed by atoms with Crippen molar-refractivity contribution >= 4 is 11.4 Å². The summed E-state index contributed by atoms with van der Waals surface area (Å²) in [5.74, 6) is 0. The van der Waals surface area contributed by atoms with Crippen molar-refractivity contribution in [2.45, 2.75) is 20.4 Å². The molecule has 1 N–H and O–H groups in total. The molecular weight excluding hydrogens is 242 g/mol. The molecule has 0 aliphatic heterocycles. The van der Waals surface area contributed by atoms with Crippen LogP contribution in [0.4, 0.5) is 11.4 Å². The molecule has 0 saturated carbocycles. The number of pyridine rings is 1. The molecule has 0 unspecified atom stereocenters. The van der Waals surface area contributed by atoms with E-state index in [1.807, 2.05) is 32.0 Å². The lowest BCUT2D eigenvalue weighted by atomic mass is 10.2. The number of aryl methyl sites for hydroxylation is 2. The van der Waals surface area contributed by atoms with Gasteiger partial charge in [-0.3, -0.25) is 15.1 Å². The molecule has 0 aliphatic rings. The number of nitrogens with zero attached hydrogens (tertiary/aromatic N) is 2. The molecule has 0 fully saturated rings. The Bertz CT molecular complexity index is 611. The van der Waals surface area contributed by atoms with Crippen LogP contribution in [0.1, 0.15) is 16.8 Å². The molecule has 0 spiro atoms. The minimum Gasteiger partial charge on any atom is -0.374 e. The van der Waals surface area contributed by atoms with Crippen LogP contribution in [-0.4, -0.2) is 9.91 Å². The first kappa shape index (κ1) is 13.0. The zero-order chi connectivity index (χ0) is 13.8. The maximum Gasteiger partial charge on any atom is 0.292 e. The van der Waals surface area contributed by atoms with Crippen molar-refractivity contribution in [2.75, 3.05) is 5.32 Å². The van der Waals surface area contributed by atoms with E-state index < -0.39 is 0 Å². The lowest BCUT2D eigenvalue weighted by molar-refractivity contribution is -0.384. The normalized spacial score (nSPS) is 10.2. The Morgan fingerprint density at radius 1 is 1.32 bits per heavy atom. The second kappa shape index (κ2) is 5.48. The van der Waals surface area contributed by atoms with Gasteiger partial charge in [0.05, 0.1) is 17.2 Å². The molecular formula is C14H15N3O2. The number of nitro benzene ring substituents is 1. The van der Waals surface area contributed by atoms with E-state index in [2.05, 4.69) is 10.3 Å². The number of hydrogen-bond donors (Lipinski definition) is 1. The molecule has 1 aromatic carbocycles. The Balaban J connectivity index is 2.20. The van der Waals surface area contributed by atoms with Crippen molar-refractivity contribution in [1.29, 1.82) is 0 Å². The molecule has 5 nitrogen and oxygen atoms in total. The predicted molar refractivity (Wildman–Crippen MR) is 74.1 cm³/mol. The first-order valence-electron chi connectivity index (χ1n) is 5.97. The van der Waals surface area contributed by atoms with Gasteiger partial charge in [0.25, 0.3) is 5.69 Å². The van der Waals surface area contributed by atoms with Crippen LogP contribution >= 0.6 is 0 Å². The van der Waals surface area contributed by atoms with E-state index in [0.29, 0.717) is 12.2 Å². The topological polar surface area (TPSA) is 68.1 Å². The molecule has 2 rings (SSSR count). The zero-order valence-corrected chi connectivity index (χ0v) is 10.9. The average Bonchev–Trinajstić information content (AvgIpc) is 2.38. The quantitative estimate of drug-likeness (QED) is 0.674. The van der Waals surface area contributed by atoms with Crippen molar-refractivity contribution in [1.82, 2.24) is 4.98 Å². The lowest BCUT2D eigenvalue weighted by Crippen LogP contribution is -2.05. The molecule has 19 heavy (non-hydrogen) atoms. The van der Waals surface area contributed by atoms with Crippen LogP contribution in [-0.2, 0) is 6.54 Å². The van der Waals surface area contributed by atoms with Crippen molar-refractivity contribution in [2.24, 2.45) is 0 Å². The van der Waals surface area contributed by atoms with Crippen LogP contribution in [0.15, 0.2) is 36.5 Å². The number of nitro groups is 1. The average molecular weight is 257 g/mol. The van der Waals surface area contributed by atoms with E-state index in [1.54, 1.807) is 18.3 Å². The molecule has 0 atom stereocenters. The fourth-order valence-electron chi connectivity index (χ4n) is 1.82. The molecule has 5 heteroatoms. The Labute approximate surface area is 111 Å². The van der Waals surface area contributed by atoms with Gasteiger partial charge in [0.2, 0.25) is 0 Å². The van der Waals surface area contributed by atoms with Crippen molar-refractivity contribution in [3.8, 4) is 0 Å². The summed E-state index contributed by atoms with van der Waals surface area (Å²) in [7, 11) is 0. The van der Waals surface area contributed by atoms with Crippen LogP contribution in [0.2, 0.25) is 0 Å². The summed E-state index contributed by atoms with van der Waals surface area (Å²) in [6.07, 6.45) is 1.72. The number of aromatic nitrogens is 1. The van der Waals surface area contributed by atoms with Gasteiger partial charge in [0.1, 0.15) is 5.69 Å². The molecule has 0 bridgehead atoms. The third-order valence-electron chi connectivity index (χ3n) is 2.91. The number of hydrogen-bond acceptors (Lipinski definition) is 4. The lowest BCUT2D eigenvalue weighted by Gasteiger charge is -2.09. The van der Waals surface area contributed by atoms with E-state index in [0.717, 1.165) is 16.8 Å². The van der Waals surface area contributed by atoms with Crippen LogP contribution in [0.25, 0.3) is 0 Å². The third kappa shape index (κ3) is 3.07. The standard InChI is InChI=1S/C14H15N3O2/c1-10-5-6-12(14(8-10)17(18)19)16-9-13-11(2)4-3-7-15-13/h3-8,16H,9H2,1-2H3. The maximum atomic E-state index is 11.0. The number of anilines is 1. The van der Waals surface area contributed by atoms with Crippen molar-refractivity contribution in [3.63, 3.8) is 0 Å². The molecule has 0 saturated heterocycles. The molecule has 98 valence electrons. The number of nitrogens with one attached hydrogen (secondary N) is 1. The highest BCUT2D eigenvalue weighted by Gasteiger charge is 2.13. The Morgan fingerprint density at radius 2 is 2.11 bits per heavy atom. The van der Waals surface area contributed by atoms with E-state index in [1.165, 1.54) is 0 Å². The van der Waals surface area contributed by atoms with E-state index in [9.17, 15) is 10.1 Å². The Hall–Kier alpha value is -2.43. The van der Waals surface area contributed by atoms with Gasteiger partial charge in [0.15, 0.2) is 0 Å². The van der Waals surface area contributed by atoms with Crippen LogP contribution in [0.3, 0.4) is 0 Å². The van der Waals surface area contributed by atoms with Gasteiger partial charge < -0.3 is 5.32 Å². The van der Waals surface area contributed by atoms with Gasteiger partial charge >= 0.3 is 0 Å². The van der Waals surface area contributed by atoms with Crippen molar-refractivity contribution in [3.05, 3.63) is 63.5 Å². The summed E-state index contributed by atoms with van der Waals surface area (Å²) < 4.78 is 0. The molecule has 0 aliphatic carbocycles. The molecule has 0 radical (unpaired) electrons. The third-order valence-corrected chi connectivity index (χ3v) is 2.91. The monoisotopic (exact) mass is 257 g/mol. The van der Waals surface area contributed by atoms with E-state index in [4.69, 9.17) is 0 Å². The molecule has 1 heterocycles. The van der Waals surface area contributed by atoms with Crippen LogP contribution < -0.4 is 5.32 Å².